The molecule has 1 atom stereocenters. The molecule has 162 valence electrons. The van der Waals surface area contributed by atoms with E-state index in [0.717, 1.165) is 10.0 Å². The van der Waals surface area contributed by atoms with Gasteiger partial charge in [0.15, 0.2) is 0 Å². The molecule has 1 aliphatic heterocycles. The molecule has 0 fully saturated rings. The van der Waals surface area contributed by atoms with Crippen molar-refractivity contribution in [1.82, 2.24) is 5.01 Å². The standard InChI is InChI=1S/C23H18BrN3O5/c1-15(28)26-23(32-22(25-26)17-7-5-9-19(13-17)27(29)30)20-10-2-3-11-21(20)31-14-16-6-4-8-18(24)12-16/h2-13,23H,14H2,1H3. The van der Waals surface area contributed by atoms with Crippen molar-refractivity contribution in [2.75, 3.05) is 0 Å². The predicted molar refractivity (Wildman–Crippen MR) is 121 cm³/mol. The molecule has 0 saturated heterocycles. The van der Waals surface area contributed by atoms with Crippen LogP contribution in [0.25, 0.3) is 0 Å². The second kappa shape index (κ2) is 9.19. The maximum atomic E-state index is 12.3. The first-order chi connectivity index (χ1) is 15.4. The Kier molecular flexibility index (Phi) is 6.18. The highest BCUT2D eigenvalue weighted by atomic mass is 79.9. The SMILES string of the molecule is CC(=O)N1N=C(c2cccc([N+](=O)[O-])c2)OC1c1ccccc1OCc1cccc(Br)c1. The van der Waals surface area contributed by atoms with Crippen molar-refractivity contribution < 1.29 is 19.2 Å². The molecule has 1 aliphatic rings. The Balaban J connectivity index is 1.61. The van der Waals surface area contributed by atoms with Crippen LogP contribution in [0.4, 0.5) is 5.69 Å². The second-order valence-corrected chi connectivity index (χ2v) is 7.92. The van der Waals surface area contributed by atoms with E-state index >= 15 is 0 Å². The maximum Gasteiger partial charge on any atom is 0.270 e. The van der Waals surface area contributed by atoms with Gasteiger partial charge >= 0.3 is 0 Å². The monoisotopic (exact) mass is 495 g/mol. The van der Waals surface area contributed by atoms with Gasteiger partial charge in [0.1, 0.15) is 12.4 Å². The Hall–Kier alpha value is -3.72. The highest BCUT2D eigenvalue weighted by molar-refractivity contribution is 9.10. The van der Waals surface area contributed by atoms with Gasteiger partial charge in [0, 0.05) is 29.1 Å². The molecule has 3 aromatic rings. The van der Waals surface area contributed by atoms with Gasteiger partial charge in [-0.15, -0.1) is 5.10 Å². The Bertz CT molecular complexity index is 1210. The molecule has 0 spiro atoms. The van der Waals surface area contributed by atoms with Crippen LogP contribution in [0.15, 0.2) is 82.4 Å². The van der Waals surface area contributed by atoms with Crippen LogP contribution in [0.2, 0.25) is 0 Å². The zero-order chi connectivity index (χ0) is 22.7. The number of nitro benzene ring substituents is 1. The molecule has 8 nitrogen and oxygen atoms in total. The Morgan fingerprint density at radius 3 is 2.69 bits per heavy atom. The minimum Gasteiger partial charge on any atom is -0.488 e. The summed E-state index contributed by atoms with van der Waals surface area (Å²) in [5.41, 5.74) is 1.89. The average molecular weight is 496 g/mol. The van der Waals surface area contributed by atoms with Crippen molar-refractivity contribution in [3.63, 3.8) is 0 Å². The number of ether oxygens (including phenoxy) is 2. The first-order valence-corrected chi connectivity index (χ1v) is 10.5. The summed E-state index contributed by atoms with van der Waals surface area (Å²) in [6.07, 6.45) is -0.861. The lowest BCUT2D eigenvalue weighted by Gasteiger charge is -2.22. The fraction of sp³-hybridized carbons (Fsp3) is 0.130. The average Bonchev–Trinajstić information content (AvgIpc) is 3.24. The van der Waals surface area contributed by atoms with Crippen molar-refractivity contribution in [3.8, 4) is 5.75 Å². The number of hydrogen-bond donors (Lipinski definition) is 0. The van der Waals surface area contributed by atoms with Crippen LogP contribution in [0.5, 0.6) is 5.75 Å². The highest BCUT2D eigenvalue weighted by Gasteiger charge is 2.35. The van der Waals surface area contributed by atoms with Crippen LogP contribution < -0.4 is 4.74 Å². The van der Waals surface area contributed by atoms with Gasteiger partial charge < -0.3 is 9.47 Å². The summed E-state index contributed by atoms with van der Waals surface area (Å²) in [4.78, 5) is 22.9. The van der Waals surface area contributed by atoms with Gasteiger partial charge in [-0.1, -0.05) is 46.3 Å². The highest BCUT2D eigenvalue weighted by Crippen LogP contribution is 2.36. The molecule has 0 aliphatic carbocycles. The summed E-state index contributed by atoms with van der Waals surface area (Å²) in [6, 6.07) is 20.9. The quantitative estimate of drug-likeness (QED) is 0.347. The molecule has 32 heavy (non-hydrogen) atoms. The van der Waals surface area contributed by atoms with Crippen LogP contribution in [0, 0.1) is 10.1 Å². The smallest absolute Gasteiger partial charge is 0.270 e. The minimum atomic E-state index is -0.861. The summed E-state index contributed by atoms with van der Waals surface area (Å²) in [5, 5.41) is 16.6. The summed E-state index contributed by atoms with van der Waals surface area (Å²) in [6.45, 7) is 1.70. The number of benzene rings is 3. The summed E-state index contributed by atoms with van der Waals surface area (Å²) in [7, 11) is 0. The Morgan fingerprint density at radius 1 is 1.16 bits per heavy atom. The number of carbonyl (C=O) groups excluding carboxylic acids is 1. The van der Waals surface area contributed by atoms with E-state index in [2.05, 4.69) is 21.0 Å². The van der Waals surface area contributed by atoms with Gasteiger partial charge in [0.2, 0.25) is 18.0 Å². The van der Waals surface area contributed by atoms with Gasteiger partial charge in [0.25, 0.3) is 5.69 Å². The van der Waals surface area contributed by atoms with E-state index in [1.807, 2.05) is 36.4 Å². The normalized spacial score (nSPS) is 15.1. The fourth-order valence-electron chi connectivity index (χ4n) is 3.24. The molecule has 0 aromatic heterocycles. The molecule has 3 aromatic carbocycles. The van der Waals surface area contributed by atoms with E-state index in [0.29, 0.717) is 23.5 Å². The lowest BCUT2D eigenvalue weighted by atomic mass is 10.1. The number of non-ortho nitro benzene ring substituents is 1. The molecule has 1 amide bonds. The zero-order valence-electron chi connectivity index (χ0n) is 17.0. The van der Waals surface area contributed by atoms with Crippen LogP contribution in [-0.4, -0.2) is 21.7 Å². The number of halogens is 1. The number of nitrogens with zero attached hydrogens (tertiary/aromatic N) is 3. The van der Waals surface area contributed by atoms with Gasteiger partial charge in [-0.25, -0.2) is 0 Å². The topological polar surface area (TPSA) is 94.3 Å². The molecule has 0 radical (unpaired) electrons. The van der Waals surface area contributed by atoms with Crippen LogP contribution in [0.1, 0.15) is 29.8 Å². The van der Waals surface area contributed by atoms with E-state index in [1.165, 1.54) is 24.1 Å². The van der Waals surface area contributed by atoms with Crippen LogP contribution in [-0.2, 0) is 16.1 Å². The lowest BCUT2D eigenvalue weighted by molar-refractivity contribution is -0.384. The number of hydrogen-bond acceptors (Lipinski definition) is 6. The Morgan fingerprint density at radius 2 is 1.94 bits per heavy atom. The van der Waals surface area contributed by atoms with Gasteiger partial charge in [-0.2, -0.15) is 5.01 Å². The van der Waals surface area contributed by atoms with E-state index in [4.69, 9.17) is 9.47 Å². The Labute approximate surface area is 192 Å². The molecule has 0 saturated carbocycles. The van der Waals surface area contributed by atoms with Crippen LogP contribution >= 0.6 is 15.9 Å². The summed E-state index contributed by atoms with van der Waals surface area (Å²) in [5.74, 6) is 0.326. The second-order valence-electron chi connectivity index (χ2n) is 7.00. The number of rotatable bonds is 6. The van der Waals surface area contributed by atoms with Crippen LogP contribution in [0.3, 0.4) is 0 Å². The van der Waals surface area contributed by atoms with E-state index in [1.54, 1.807) is 24.3 Å². The van der Waals surface area contributed by atoms with Gasteiger partial charge in [-0.3, -0.25) is 14.9 Å². The third-order valence-corrected chi connectivity index (χ3v) is 5.23. The molecular weight excluding hydrogens is 478 g/mol. The van der Waals surface area contributed by atoms with E-state index in [-0.39, 0.29) is 17.5 Å². The molecule has 9 heteroatoms. The lowest BCUT2D eigenvalue weighted by Crippen LogP contribution is -2.25. The van der Waals surface area contributed by atoms with Crippen molar-refractivity contribution in [2.24, 2.45) is 5.10 Å². The first-order valence-electron chi connectivity index (χ1n) is 9.68. The largest absolute Gasteiger partial charge is 0.488 e. The summed E-state index contributed by atoms with van der Waals surface area (Å²) < 4.78 is 13.0. The van der Waals surface area contributed by atoms with Crippen molar-refractivity contribution in [1.29, 1.82) is 0 Å². The van der Waals surface area contributed by atoms with Crippen molar-refractivity contribution in [3.05, 3.63) is 104 Å². The third-order valence-electron chi connectivity index (χ3n) is 4.74. The molecule has 0 N–H and O–H groups in total. The number of amides is 1. The third kappa shape index (κ3) is 4.62. The molecule has 1 unspecified atom stereocenters. The van der Waals surface area contributed by atoms with Crippen molar-refractivity contribution >= 4 is 33.4 Å². The molecule has 4 rings (SSSR count). The van der Waals surface area contributed by atoms with E-state index < -0.39 is 11.2 Å². The van der Waals surface area contributed by atoms with E-state index in [9.17, 15) is 14.9 Å². The van der Waals surface area contributed by atoms with Crippen molar-refractivity contribution in [2.45, 2.75) is 19.8 Å². The minimum absolute atomic E-state index is 0.0932. The van der Waals surface area contributed by atoms with Gasteiger partial charge in [-0.05, 0) is 35.9 Å². The zero-order valence-corrected chi connectivity index (χ0v) is 18.6. The number of nitro groups is 1. The molecule has 1 heterocycles. The molecule has 0 bridgehead atoms. The number of carbonyl (C=O) groups is 1. The fourth-order valence-corrected chi connectivity index (χ4v) is 3.69. The maximum absolute atomic E-state index is 12.3. The predicted octanol–water partition coefficient (Wildman–Crippen LogP) is 5.18. The van der Waals surface area contributed by atoms with Gasteiger partial charge in [0.05, 0.1) is 10.5 Å². The first kappa shape index (κ1) is 21.5. The number of para-hydroxylation sites is 1. The number of hydrazone groups is 1. The summed E-state index contributed by atoms with van der Waals surface area (Å²) >= 11 is 3.45. The molecular formula is C23H18BrN3O5.